The van der Waals surface area contributed by atoms with Crippen molar-refractivity contribution in [1.29, 1.82) is 0 Å². The highest BCUT2D eigenvalue weighted by atomic mass is 35.5. The lowest BCUT2D eigenvalue weighted by Crippen LogP contribution is -2.30. The second kappa shape index (κ2) is 8.10. The predicted octanol–water partition coefficient (Wildman–Crippen LogP) is 4.19. The summed E-state index contributed by atoms with van der Waals surface area (Å²) in [6, 6.07) is 11.1. The molecule has 1 atom stereocenters. The van der Waals surface area contributed by atoms with E-state index in [4.69, 9.17) is 23.2 Å². The molecule has 0 heterocycles. The Balaban J connectivity index is 1.94. The summed E-state index contributed by atoms with van der Waals surface area (Å²) in [4.78, 5) is 22.1. The molecule has 0 aliphatic heterocycles. The minimum absolute atomic E-state index is 0.0414. The Morgan fingerprint density at radius 1 is 1.21 bits per heavy atom. The molecular formula is C16H15Cl2N3O3. The highest BCUT2D eigenvalue weighted by Crippen LogP contribution is 2.26. The van der Waals surface area contributed by atoms with Crippen LogP contribution in [0.1, 0.15) is 18.5 Å². The minimum Gasteiger partial charge on any atom is -0.324 e. The molecule has 6 nitrogen and oxygen atoms in total. The normalized spacial score (nSPS) is 11.8. The quantitative estimate of drug-likeness (QED) is 0.592. The van der Waals surface area contributed by atoms with Crippen LogP contribution in [0, 0.1) is 10.1 Å². The van der Waals surface area contributed by atoms with Crippen molar-refractivity contribution in [2.24, 2.45) is 0 Å². The van der Waals surface area contributed by atoms with Crippen molar-refractivity contribution in [1.82, 2.24) is 5.32 Å². The van der Waals surface area contributed by atoms with E-state index in [2.05, 4.69) is 10.6 Å². The third kappa shape index (κ3) is 4.67. The Hall–Kier alpha value is -2.15. The number of carbonyl (C=O) groups is 1. The molecular weight excluding hydrogens is 353 g/mol. The Kier molecular flexibility index (Phi) is 6.14. The number of amides is 1. The van der Waals surface area contributed by atoms with Gasteiger partial charge < -0.3 is 10.6 Å². The maximum Gasteiger partial charge on any atom is 0.271 e. The van der Waals surface area contributed by atoms with Crippen LogP contribution in [0.5, 0.6) is 0 Å². The van der Waals surface area contributed by atoms with Crippen molar-refractivity contribution in [3.05, 3.63) is 68.2 Å². The van der Waals surface area contributed by atoms with Crippen LogP contribution in [-0.2, 0) is 4.79 Å². The van der Waals surface area contributed by atoms with Gasteiger partial charge in [0, 0.05) is 23.2 Å². The van der Waals surface area contributed by atoms with Crippen LogP contribution < -0.4 is 10.6 Å². The maximum atomic E-state index is 12.0. The second-order valence-corrected chi connectivity index (χ2v) is 5.91. The number of nitrogens with zero attached hydrogens (tertiary/aromatic N) is 1. The van der Waals surface area contributed by atoms with E-state index in [1.54, 1.807) is 6.07 Å². The molecule has 2 aromatic carbocycles. The molecule has 24 heavy (non-hydrogen) atoms. The number of hydrogen-bond donors (Lipinski definition) is 2. The highest BCUT2D eigenvalue weighted by Gasteiger charge is 2.13. The van der Waals surface area contributed by atoms with E-state index in [-0.39, 0.29) is 29.2 Å². The SMILES string of the molecule is C[C@H](NCC(=O)Nc1ccc([N+](=O)[O-])cc1Cl)c1ccccc1Cl. The first kappa shape index (κ1) is 18.2. The van der Waals surface area contributed by atoms with E-state index in [0.29, 0.717) is 10.7 Å². The lowest BCUT2D eigenvalue weighted by atomic mass is 10.1. The molecule has 0 aliphatic carbocycles. The number of rotatable bonds is 6. The van der Waals surface area contributed by atoms with Crippen molar-refractivity contribution >= 4 is 40.5 Å². The molecule has 0 bridgehead atoms. The summed E-state index contributed by atoms with van der Waals surface area (Å²) >= 11 is 12.1. The van der Waals surface area contributed by atoms with Crippen molar-refractivity contribution in [2.45, 2.75) is 13.0 Å². The third-order valence-electron chi connectivity index (χ3n) is 3.38. The number of carbonyl (C=O) groups excluding carboxylic acids is 1. The zero-order valence-electron chi connectivity index (χ0n) is 12.8. The lowest BCUT2D eigenvalue weighted by Gasteiger charge is -2.15. The molecule has 2 rings (SSSR count). The molecule has 2 N–H and O–H groups in total. The summed E-state index contributed by atoms with van der Waals surface area (Å²) in [6.45, 7) is 1.94. The molecule has 1 amide bonds. The number of halogens is 2. The third-order valence-corrected chi connectivity index (χ3v) is 4.04. The number of non-ortho nitro benzene ring substituents is 1. The standard InChI is InChI=1S/C16H15Cl2N3O3/c1-10(12-4-2-3-5-13(12)17)19-9-16(22)20-15-7-6-11(21(23)24)8-14(15)18/h2-8,10,19H,9H2,1H3,(H,20,22)/t10-/m0/s1. The summed E-state index contributed by atoms with van der Waals surface area (Å²) in [5, 5.41) is 17.1. The number of anilines is 1. The maximum absolute atomic E-state index is 12.0. The Morgan fingerprint density at radius 3 is 2.54 bits per heavy atom. The van der Waals surface area contributed by atoms with Gasteiger partial charge in [0.05, 0.1) is 22.2 Å². The van der Waals surface area contributed by atoms with Crippen LogP contribution in [0.2, 0.25) is 10.0 Å². The molecule has 0 saturated heterocycles. The molecule has 0 spiro atoms. The number of nitro groups is 1. The molecule has 0 saturated carbocycles. The minimum atomic E-state index is -0.551. The number of nitro benzene ring substituents is 1. The van der Waals surface area contributed by atoms with Gasteiger partial charge in [0.2, 0.25) is 5.91 Å². The molecule has 8 heteroatoms. The summed E-state index contributed by atoms with van der Waals surface area (Å²) < 4.78 is 0. The highest BCUT2D eigenvalue weighted by molar-refractivity contribution is 6.34. The smallest absolute Gasteiger partial charge is 0.271 e. The van der Waals surface area contributed by atoms with Crippen LogP contribution in [0.15, 0.2) is 42.5 Å². The summed E-state index contributed by atoms with van der Waals surface area (Å²) in [7, 11) is 0. The fourth-order valence-corrected chi connectivity index (χ4v) is 2.62. The van der Waals surface area contributed by atoms with Gasteiger partial charge in [-0.3, -0.25) is 14.9 Å². The van der Waals surface area contributed by atoms with Crippen LogP contribution in [0.25, 0.3) is 0 Å². The van der Waals surface area contributed by atoms with E-state index < -0.39 is 4.92 Å². The number of nitrogens with one attached hydrogen (secondary N) is 2. The number of benzene rings is 2. The van der Waals surface area contributed by atoms with Gasteiger partial charge in [-0.1, -0.05) is 41.4 Å². The van der Waals surface area contributed by atoms with Gasteiger partial charge in [-0.05, 0) is 24.6 Å². The van der Waals surface area contributed by atoms with E-state index >= 15 is 0 Å². The van der Waals surface area contributed by atoms with Gasteiger partial charge >= 0.3 is 0 Å². The average Bonchev–Trinajstić information content (AvgIpc) is 2.54. The van der Waals surface area contributed by atoms with Crippen molar-refractivity contribution < 1.29 is 9.72 Å². The zero-order chi connectivity index (χ0) is 17.7. The first-order chi connectivity index (χ1) is 11.4. The van der Waals surface area contributed by atoms with Gasteiger partial charge in [-0.25, -0.2) is 0 Å². The fraction of sp³-hybridized carbons (Fsp3) is 0.188. The Morgan fingerprint density at radius 2 is 1.92 bits per heavy atom. The van der Waals surface area contributed by atoms with Gasteiger partial charge in [-0.2, -0.15) is 0 Å². The molecule has 2 aromatic rings. The molecule has 0 aliphatic rings. The summed E-state index contributed by atoms with van der Waals surface area (Å²) in [5.41, 5.74) is 1.07. The van der Waals surface area contributed by atoms with Crippen LogP contribution in [0.3, 0.4) is 0 Å². The largest absolute Gasteiger partial charge is 0.324 e. The summed E-state index contributed by atoms with van der Waals surface area (Å²) in [6.07, 6.45) is 0. The van der Waals surface area contributed by atoms with Crippen molar-refractivity contribution in [2.75, 3.05) is 11.9 Å². The Labute approximate surface area is 148 Å². The van der Waals surface area contributed by atoms with E-state index in [1.165, 1.54) is 18.2 Å². The van der Waals surface area contributed by atoms with Gasteiger partial charge in [0.15, 0.2) is 0 Å². The van der Waals surface area contributed by atoms with Gasteiger partial charge in [0.25, 0.3) is 5.69 Å². The van der Waals surface area contributed by atoms with Gasteiger partial charge in [-0.15, -0.1) is 0 Å². The molecule has 0 aromatic heterocycles. The van der Waals surface area contributed by atoms with E-state index in [0.717, 1.165) is 5.56 Å². The first-order valence-electron chi connectivity index (χ1n) is 7.10. The van der Waals surface area contributed by atoms with E-state index in [1.807, 2.05) is 25.1 Å². The average molecular weight is 368 g/mol. The lowest BCUT2D eigenvalue weighted by molar-refractivity contribution is -0.384. The van der Waals surface area contributed by atoms with E-state index in [9.17, 15) is 14.9 Å². The molecule has 126 valence electrons. The monoisotopic (exact) mass is 367 g/mol. The molecule has 0 fully saturated rings. The fourth-order valence-electron chi connectivity index (χ4n) is 2.10. The zero-order valence-corrected chi connectivity index (χ0v) is 14.3. The van der Waals surface area contributed by atoms with Gasteiger partial charge in [0.1, 0.15) is 0 Å². The van der Waals surface area contributed by atoms with Crippen LogP contribution in [0.4, 0.5) is 11.4 Å². The first-order valence-corrected chi connectivity index (χ1v) is 7.85. The Bertz CT molecular complexity index is 768. The predicted molar refractivity (Wildman–Crippen MR) is 94.6 cm³/mol. The number of hydrogen-bond acceptors (Lipinski definition) is 4. The van der Waals surface area contributed by atoms with Crippen LogP contribution >= 0.6 is 23.2 Å². The topological polar surface area (TPSA) is 84.3 Å². The van der Waals surface area contributed by atoms with Crippen molar-refractivity contribution in [3.63, 3.8) is 0 Å². The molecule has 0 unspecified atom stereocenters. The second-order valence-electron chi connectivity index (χ2n) is 5.09. The van der Waals surface area contributed by atoms with Crippen molar-refractivity contribution in [3.8, 4) is 0 Å². The van der Waals surface area contributed by atoms with Crippen LogP contribution in [-0.4, -0.2) is 17.4 Å². The molecule has 0 radical (unpaired) electrons. The summed E-state index contributed by atoms with van der Waals surface area (Å²) in [5.74, 6) is -0.315.